The Morgan fingerprint density at radius 2 is 1.48 bits per heavy atom. The van der Waals surface area contributed by atoms with E-state index in [0.29, 0.717) is 25.9 Å². The summed E-state index contributed by atoms with van der Waals surface area (Å²) in [5, 5.41) is 3.05. The first-order chi connectivity index (χ1) is 14.1. The molecule has 29 heavy (non-hydrogen) atoms. The van der Waals surface area contributed by atoms with Gasteiger partial charge in [-0.25, -0.2) is 0 Å². The van der Waals surface area contributed by atoms with Crippen LogP contribution < -0.4 is 10.2 Å². The number of nitrogens with one attached hydrogen (secondary N) is 1. The van der Waals surface area contributed by atoms with Crippen LogP contribution in [0, 0.1) is 12.8 Å². The summed E-state index contributed by atoms with van der Waals surface area (Å²) in [4.78, 5) is 29.6. The minimum atomic E-state index is -0.0460. The van der Waals surface area contributed by atoms with Gasteiger partial charge in [0, 0.05) is 49.0 Å². The van der Waals surface area contributed by atoms with E-state index < -0.39 is 0 Å². The zero-order valence-electron chi connectivity index (χ0n) is 17.1. The molecule has 0 aromatic heterocycles. The molecule has 4 rings (SSSR count). The second-order valence-corrected chi connectivity index (χ2v) is 8.16. The minimum Gasteiger partial charge on any atom is -0.372 e. The van der Waals surface area contributed by atoms with E-state index in [4.69, 9.17) is 0 Å². The van der Waals surface area contributed by atoms with Crippen molar-refractivity contribution in [1.82, 2.24) is 4.90 Å². The third kappa shape index (κ3) is 4.61. The lowest BCUT2D eigenvalue weighted by molar-refractivity contribution is -0.121. The number of carbonyl (C=O) groups excluding carboxylic acids is 2. The molecule has 0 unspecified atom stereocenters. The lowest BCUT2D eigenvalue weighted by Gasteiger charge is -2.31. The van der Waals surface area contributed by atoms with Crippen molar-refractivity contribution in [1.29, 1.82) is 0 Å². The minimum absolute atomic E-state index is 0.0460. The zero-order chi connectivity index (χ0) is 20.2. The molecule has 1 N–H and O–H groups in total. The molecule has 2 amide bonds. The van der Waals surface area contributed by atoms with Gasteiger partial charge in [-0.05, 0) is 69.0 Å². The number of likely N-dealkylation sites (tertiary alicyclic amines) is 1. The normalized spacial score (nSPS) is 17.4. The van der Waals surface area contributed by atoms with Gasteiger partial charge in [-0.15, -0.1) is 0 Å². The molecule has 0 radical (unpaired) electrons. The first-order valence-electron chi connectivity index (χ1n) is 10.6. The predicted molar refractivity (Wildman–Crippen MR) is 116 cm³/mol. The molecule has 0 saturated carbocycles. The largest absolute Gasteiger partial charge is 0.372 e. The highest BCUT2D eigenvalue weighted by Gasteiger charge is 2.28. The average Bonchev–Trinajstić information content (AvgIpc) is 3.29. The van der Waals surface area contributed by atoms with Gasteiger partial charge >= 0.3 is 0 Å². The van der Waals surface area contributed by atoms with Crippen LogP contribution >= 0.6 is 0 Å². The number of nitrogens with zero attached hydrogens (tertiary/aromatic N) is 2. The Kier molecular flexibility index (Phi) is 5.84. The van der Waals surface area contributed by atoms with Gasteiger partial charge in [0.2, 0.25) is 5.91 Å². The van der Waals surface area contributed by atoms with Crippen molar-refractivity contribution in [3.05, 3.63) is 59.7 Å². The molecule has 5 heteroatoms. The molecule has 0 spiro atoms. The molecular formula is C24H29N3O2. The van der Waals surface area contributed by atoms with E-state index in [2.05, 4.69) is 22.3 Å². The van der Waals surface area contributed by atoms with E-state index in [1.165, 1.54) is 18.5 Å². The molecule has 2 aliphatic rings. The van der Waals surface area contributed by atoms with Crippen LogP contribution in [-0.4, -0.2) is 42.9 Å². The predicted octanol–water partition coefficient (Wildman–Crippen LogP) is 4.09. The maximum Gasteiger partial charge on any atom is 0.253 e. The van der Waals surface area contributed by atoms with Gasteiger partial charge in [0.25, 0.3) is 5.91 Å². The molecule has 2 fully saturated rings. The van der Waals surface area contributed by atoms with Gasteiger partial charge in [-0.1, -0.05) is 17.7 Å². The summed E-state index contributed by atoms with van der Waals surface area (Å²) in [7, 11) is 0. The van der Waals surface area contributed by atoms with E-state index in [1.807, 2.05) is 48.2 Å². The zero-order valence-corrected chi connectivity index (χ0v) is 17.1. The average molecular weight is 392 g/mol. The summed E-state index contributed by atoms with van der Waals surface area (Å²) < 4.78 is 0. The van der Waals surface area contributed by atoms with Crippen LogP contribution in [0.2, 0.25) is 0 Å². The van der Waals surface area contributed by atoms with E-state index in [0.717, 1.165) is 29.9 Å². The third-order valence-corrected chi connectivity index (χ3v) is 6.06. The molecule has 0 atom stereocenters. The Hall–Kier alpha value is -2.82. The maximum absolute atomic E-state index is 12.7. The fraction of sp³-hybridized carbons (Fsp3) is 0.417. The smallest absolute Gasteiger partial charge is 0.253 e. The van der Waals surface area contributed by atoms with Gasteiger partial charge in [0.05, 0.1) is 0 Å². The van der Waals surface area contributed by atoms with Crippen LogP contribution in [-0.2, 0) is 4.79 Å². The number of hydrogen-bond donors (Lipinski definition) is 1. The Labute approximate surface area is 172 Å². The first kappa shape index (κ1) is 19.5. The monoisotopic (exact) mass is 391 g/mol. The molecule has 5 nitrogen and oxygen atoms in total. The molecule has 152 valence electrons. The van der Waals surface area contributed by atoms with Crippen LogP contribution in [0.15, 0.2) is 48.5 Å². The fourth-order valence-electron chi connectivity index (χ4n) is 4.20. The number of rotatable bonds is 4. The Morgan fingerprint density at radius 3 is 2.10 bits per heavy atom. The summed E-state index contributed by atoms with van der Waals surface area (Å²) >= 11 is 0. The van der Waals surface area contributed by atoms with Crippen molar-refractivity contribution >= 4 is 23.2 Å². The number of anilines is 2. The van der Waals surface area contributed by atoms with Gasteiger partial charge in [-0.2, -0.15) is 0 Å². The van der Waals surface area contributed by atoms with Gasteiger partial charge < -0.3 is 15.1 Å². The molecule has 2 aliphatic heterocycles. The number of piperidine rings is 1. The number of hydrogen-bond acceptors (Lipinski definition) is 3. The van der Waals surface area contributed by atoms with Crippen LogP contribution in [0.1, 0.15) is 41.6 Å². The topological polar surface area (TPSA) is 52.7 Å². The number of benzene rings is 2. The Bertz CT molecular complexity index is 847. The molecule has 0 aliphatic carbocycles. The van der Waals surface area contributed by atoms with Crippen molar-refractivity contribution in [2.45, 2.75) is 32.6 Å². The molecule has 2 aromatic rings. The van der Waals surface area contributed by atoms with Crippen LogP contribution in [0.5, 0.6) is 0 Å². The van der Waals surface area contributed by atoms with E-state index in [1.54, 1.807) is 0 Å². The maximum atomic E-state index is 12.7. The standard InChI is InChI=1S/C24H29N3O2/c1-18-4-6-20(7-5-18)24(29)27-16-12-19(13-17-27)23(28)25-21-8-10-22(11-9-21)26-14-2-3-15-26/h4-11,19H,2-3,12-17H2,1H3,(H,25,28). The quantitative estimate of drug-likeness (QED) is 0.854. The fourth-order valence-corrected chi connectivity index (χ4v) is 4.20. The summed E-state index contributed by atoms with van der Waals surface area (Å²) in [5.74, 6) is 0.0676. The number of aryl methyl sites for hydroxylation is 1. The summed E-state index contributed by atoms with van der Waals surface area (Å²) in [5.41, 5.74) is 3.93. The summed E-state index contributed by atoms with van der Waals surface area (Å²) in [6, 6.07) is 15.8. The van der Waals surface area contributed by atoms with Crippen LogP contribution in [0.4, 0.5) is 11.4 Å². The second kappa shape index (κ2) is 8.68. The third-order valence-electron chi connectivity index (χ3n) is 6.06. The highest BCUT2D eigenvalue weighted by Crippen LogP contribution is 2.24. The van der Waals surface area contributed by atoms with Gasteiger partial charge in [-0.3, -0.25) is 9.59 Å². The van der Waals surface area contributed by atoms with Crippen molar-refractivity contribution in [2.24, 2.45) is 5.92 Å². The highest BCUT2D eigenvalue weighted by atomic mass is 16.2. The van der Waals surface area contributed by atoms with E-state index >= 15 is 0 Å². The van der Waals surface area contributed by atoms with Crippen molar-refractivity contribution in [3.63, 3.8) is 0 Å². The van der Waals surface area contributed by atoms with Gasteiger partial charge in [0.1, 0.15) is 0 Å². The molecule has 2 saturated heterocycles. The SMILES string of the molecule is Cc1ccc(C(=O)N2CCC(C(=O)Nc3ccc(N4CCCC4)cc3)CC2)cc1. The molecular weight excluding hydrogens is 362 g/mol. The van der Waals surface area contributed by atoms with Gasteiger partial charge in [0.15, 0.2) is 0 Å². The van der Waals surface area contributed by atoms with Crippen molar-refractivity contribution in [3.8, 4) is 0 Å². The highest BCUT2D eigenvalue weighted by molar-refractivity contribution is 5.95. The lowest BCUT2D eigenvalue weighted by Crippen LogP contribution is -2.41. The van der Waals surface area contributed by atoms with Crippen LogP contribution in [0.25, 0.3) is 0 Å². The van der Waals surface area contributed by atoms with Crippen molar-refractivity contribution in [2.75, 3.05) is 36.4 Å². The van der Waals surface area contributed by atoms with E-state index in [-0.39, 0.29) is 17.7 Å². The lowest BCUT2D eigenvalue weighted by atomic mass is 9.95. The Balaban J connectivity index is 1.28. The van der Waals surface area contributed by atoms with Crippen molar-refractivity contribution < 1.29 is 9.59 Å². The molecule has 2 aromatic carbocycles. The number of amides is 2. The summed E-state index contributed by atoms with van der Waals surface area (Å²) in [6.45, 7) is 5.49. The van der Waals surface area contributed by atoms with E-state index in [9.17, 15) is 9.59 Å². The molecule has 2 heterocycles. The first-order valence-corrected chi connectivity index (χ1v) is 10.6. The van der Waals surface area contributed by atoms with Crippen LogP contribution in [0.3, 0.4) is 0 Å². The number of carbonyl (C=O) groups is 2. The molecule has 0 bridgehead atoms. The Morgan fingerprint density at radius 1 is 0.862 bits per heavy atom. The second-order valence-electron chi connectivity index (χ2n) is 8.16. The summed E-state index contributed by atoms with van der Waals surface area (Å²) in [6.07, 6.45) is 3.91.